The third-order valence-electron chi connectivity index (χ3n) is 4.50. The number of carbonyl (C=O) groups is 1. The van der Waals surface area contributed by atoms with Crippen LogP contribution in [0.4, 0.5) is 32.2 Å². The average Bonchev–Trinajstić information content (AvgIpc) is 3.13. The molecule has 35 heavy (non-hydrogen) atoms. The summed E-state index contributed by atoms with van der Waals surface area (Å²) in [5, 5.41) is 2.40. The molecule has 1 aliphatic rings. The molecule has 8 nitrogen and oxygen atoms in total. The Hall–Kier alpha value is -4.23. The van der Waals surface area contributed by atoms with Crippen molar-refractivity contribution in [3.63, 3.8) is 0 Å². The van der Waals surface area contributed by atoms with Crippen molar-refractivity contribution in [2.24, 2.45) is 0 Å². The van der Waals surface area contributed by atoms with Crippen LogP contribution in [-0.2, 0) is 11.2 Å². The number of amides is 1. The zero-order valence-corrected chi connectivity index (χ0v) is 17.2. The van der Waals surface area contributed by atoms with E-state index in [1.807, 2.05) is 0 Å². The van der Waals surface area contributed by atoms with Gasteiger partial charge in [0, 0.05) is 0 Å². The molecule has 0 aliphatic carbocycles. The molecule has 0 radical (unpaired) electrons. The molecule has 0 spiro atoms. The van der Waals surface area contributed by atoms with Gasteiger partial charge in [0.25, 0.3) is 5.56 Å². The highest BCUT2D eigenvalue weighted by molar-refractivity contribution is 5.97. The van der Waals surface area contributed by atoms with E-state index >= 15 is 0 Å². The second-order valence-corrected chi connectivity index (χ2v) is 7.11. The SMILES string of the molecule is O=C1Cc2c(nc(Oc3ccc(OC(F)(F)F)cc3)n(-c3ccc(OCC(F)(F)F)cc3)c2=O)N1. The zero-order valence-electron chi connectivity index (χ0n) is 17.2. The number of nitrogens with one attached hydrogen (secondary N) is 1. The molecule has 0 unspecified atom stereocenters. The van der Waals surface area contributed by atoms with Gasteiger partial charge >= 0.3 is 18.5 Å². The maximum atomic E-state index is 13.1. The third-order valence-corrected chi connectivity index (χ3v) is 4.50. The lowest BCUT2D eigenvalue weighted by Gasteiger charge is -2.15. The van der Waals surface area contributed by atoms with Crippen LogP contribution in [0.3, 0.4) is 0 Å². The van der Waals surface area contributed by atoms with Gasteiger partial charge in [-0.2, -0.15) is 18.2 Å². The first kappa shape index (κ1) is 23.9. The summed E-state index contributed by atoms with van der Waals surface area (Å²) in [4.78, 5) is 29.0. The number of benzene rings is 2. The number of alkyl halides is 6. The van der Waals surface area contributed by atoms with E-state index in [1.165, 1.54) is 24.3 Å². The Kier molecular flexibility index (Phi) is 6.05. The Labute approximate surface area is 191 Å². The molecule has 2 aromatic carbocycles. The highest BCUT2D eigenvalue weighted by Gasteiger charge is 2.31. The lowest BCUT2D eigenvalue weighted by molar-refractivity contribution is -0.274. The number of anilines is 1. The summed E-state index contributed by atoms with van der Waals surface area (Å²) in [6, 6.07) is 8.81. The predicted molar refractivity (Wildman–Crippen MR) is 107 cm³/mol. The predicted octanol–water partition coefficient (Wildman–Crippen LogP) is 4.36. The van der Waals surface area contributed by atoms with Crippen LogP contribution in [0.25, 0.3) is 5.69 Å². The number of rotatable bonds is 6. The number of fused-ring (bicyclic) bond motifs is 1. The standard InChI is InChI=1S/C21H13F6N3O5/c22-20(23,24)10-33-12-3-1-11(2-4-12)30-18(32)15-9-16(31)28-17(15)29-19(30)34-13-5-7-14(8-6-13)35-21(25,26)27/h1-8H,9-10H2,(H,28,31). The third kappa shape index (κ3) is 5.83. The summed E-state index contributed by atoms with van der Waals surface area (Å²) in [6.45, 7) is -1.51. The van der Waals surface area contributed by atoms with Crippen molar-refractivity contribution >= 4 is 11.7 Å². The van der Waals surface area contributed by atoms with E-state index in [0.29, 0.717) is 0 Å². The van der Waals surface area contributed by atoms with Crippen LogP contribution in [-0.4, -0.2) is 34.6 Å². The number of hydrogen-bond acceptors (Lipinski definition) is 6. The van der Waals surface area contributed by atoms with Gasteiger partial charge in [-0.3, -0.25) is 9.59 Å². The van der Waals surface area contributed by atoms with Gasteiger partial charge in [-0.1, -0.05) is 0 Å². The van der Waals surface area contributed by atoms with E-state index < -0.39 is 36.4 Å². The number of carbonyl (C=O) groups excluding carboxylic acids is 1. The fourth-order valence-corrected chi connectivity index (χ4v) is 3.10. The molecule has 1 amide bonds. The lowest BCUT2D eigenvalue weighted by Crippen LogP contribution is -2.24. The number of ether oxygens (including phenoxy) is 3. The second kappa shape index (κ2) is 8.85. The molecular formula is C21H13F6N3O5. The minimum Gasteiger partial charge on any atom is -0.484 e. The van der Waals surface area contributed by atoms with Crippen molar-refractivity contribution in [1.82, 2.24) is 9.55 Å². The van der Waals surface area contributed by atoms with E-state index in [1.54, 1.807) is 0 Å². The summed E-state index contributed by atoms with van der Waals surface area (Å²) in [5.74, 6) is -1.18. The summed E-state index contributed by atoms with van der Waals surface area (Å²) in [6.07, 6.45) is -9.68. The topological polar surface area (TPSA) is 91.7 Å². The van der Waals surface area contributed by atoms with Gasteiger partial charge < -0.3 is 19.5 Å². The fraction of sp³-hybridized carbons (Fsp3) is 0.190. The smallest absolute Gasteiger partial charge is 0.484 e. The minimum absolute atomic E-state index is 0.0189. The lowest BCUT2D eigenvalue weighted by atomic mass is 10.2. The van der Waals surface area contributed by atoms with E-state index in [9.17, 15) is 35.9 Å². The van der Waals surface area contributed by atoms with Gasteiger partial charge in [0.1, 0.15) is 23.1 Å². The second-order valence-electron chi connectivity index (χ2n) is 7.11. The molecule has 2 heterocycles. The molecule has 14 heteroatoms. The Morgan fingerprint density at radius 2 is 1.49 bits per heavy atom. The largest absolute Gasteiger partial charge is 0.573 e. The summed E-state index contributed by atoms with van der Waals surface area (Å²) < 4.78 is 89.2. The van der Waals surface area contributed by atoms with Crippen LogP contribution in [0, 0.1) is 0 Å². The maximum absolute atomic E-state index is 13.1. The maximum Gasteiger partial charge on any atom is 0.573 e. The molecule has 4 rings (SSSR count). The van der Waals surface area contributed by atoms with Crippen molar-refractivity contribution in [2.75, 3.05) is 11.9 Å². The Balaban J connectivity index is 1.67. The normalized spacial score (nSPS) is 13.3. The molecule has 1 aromatic heterocycles. The van der Waals surface area contributed by atoms with Crippen molar-refractivity contribution in [3.05, 3.63) is 64.4 Å². The molecule has 1 N–H and O–H groups in total. The van der Waals surface area contributed by atoms with Gasteiger partial charge in [0.05, 0.1) is 17.7 Å². The number of nitrogens with zero attached hydrogens (tertiary/aromatic N) is 2. The van der Waals surface area contributed by atoms with Crippen LogP contribution >= 0.6 is 0 Å². The Bertz CT molecular complexity index is 1300. The summed E-state index contributed by atoms with van der Waals surface area (Å²) in [5.41, 5.74) is -0.533. The van der Waals surface area contributed by atoms with Crippen LogP contribution in [0.15, 0.2) is 53.3 Å². The molecule has 3 aromatic rings. The monoisotopic (exact) mass is 501 g/mol. The highest BCUT2D eigenvalue weighted by atomic mass is 19.4. The van der Waals surface area contributed by atoms with E-state index in [4.69, 9.17) is 4.74 Å². The van der Waals surface area contributed by atoms with Crippen molar-refractivity contribution in [3.8, 4) is 28.9 Å². The number of halogens is 6. The Morgan fingerprint density at radius 3 is 2.09 bits per heavy atom. The molecule has 0 fully saturated rings. The first-order valence-corrected chi connectivity index (χ1v) is 9.67. The van der Waals surface area contributed by atoms with Gasteiger partial charge in [-0.15, -0.1) is 13.2 Å². The highest BCUT2D eigenvalue weighted by Crippen LogP contribution is 2.30. The van der Waals surface area contributed by atoms with Crippen molar-refractivity contribution in [1.29, 1.82) is 0 Å². The first-order chi connectivity index (χ1) is 16.4. The fourth-order valence-electron chi connectivity index (χ4n) is 3.10. The van der Waals surface area contributed by atoms with E-state index in [-0.39, 0.29) is 41.0 Å². The first-order valence-electron chi connectivity index (χ1n) is 9.67. The molecule has 0 bridgehead atoms. The van der Waals surface area contributed by atoms with Crippen LogP contribution in [0.5, 0.6) is 23.3 Å². The van der Waals surface area contributed by atoms with Crippen LogP contribution < -0.4 is 25.1 Å². The molecule has 0 saturated carbocycles. The molecule has 0 saturated heterocycles. The van der Waals surface area contributed by atoms with E-state index in [2.05, 4.69) is 19.8 Å². The summed E-state index contributed by atoms with van der Waals surface area (Å²) in [7, 11) is 0. The van der Waals surface area contributed by atoms with Crippen molar-refractivity contribution in [2.45, 2.75) is 19.0 Å². The molecule has 1 aliphatic heterocycles. The van der Waals surface area contributed by atoms with Crippen LogP contribution in [0.2, 0.25) is 0 Å². The van der Waals surface area contributed by atoms with Gasteiger partial charge in [0.15, 0.2) is 6.61 Å². The van der Waals surface area contributed by atoms with Gasteiger partial charge in [-0.05, 0) is 48.5 Å². The van der Waals surface area contributed by atoms with Gasteiger partial charge in [-0.25, -0.2) is 4.57 Å². The zero-order chi connectivity index (χ0) is 25.4. The Morgan fingerprint density at radius 1 is 0.886 bits per heavy atom. The molecular weight excluding hydrogens is 488 g/mol. The number of hydrogen-bond donors (Lipinski definition) is 1. The average molecular weight is 501 g/mol. The number of aromatic nitrogens is 2. The summed E-state index contributed by atoms with van der Waals surface area (Å²) >= 11 is 0. The van der Waals surface area contributed by atoms with Crippen molar-refractivity contribution < 1.29 is 45.3 Å². The van der Waals surface area contributed by atoms with Crippen LogP contribution in [0.1, 0.15) is 5.56 Å². The van der Waals surface area contributed by atoms with Gasteiger partial charge in [0.2, 0.25) is 5.91 Å². The van der Waals surface area contributed by atoms with E-state index in [0.717, 1.165) is 28.8 Å². The minimum atomic E-state index is -4.89. The quantitative estimate of drug-likeness (QED) is 0.505. The molecule has 0 atom stereocenters. The molecule has 184 valence electrons.